The third-order valence-electron chi connectivity index (χ3n) is 5.11. The van der Waals surface area contributed by atoms with Gasteiger partial charge in [0, 0.05) is 0 Å². The molecule has 1 saturated heterocycles. The molecule has 1 aliphatic heterocycles. The first-order valence-corrected chi connectivity index (χ1v) is 10.0. The topological polar surface area (TPSA) is 164 Å². The molecule has 0 aliphatic carbocycles. The highest BCUT2D eigenvalue weighted by Crippen LogP contribution is 2.32. The lowest BCUT2D eigenvalue weighted by Gasteiger charge is -2.16. The van der Waals surface area contributed by atoms with Gasteiger partial charge in [-0.25, -0.2) is 10.4 Å². The van der Waals surface area contributed by atoms with Gasteiger partial charge in [-0.2, -0.15) is 15.1 Å². The first kappa shape index (κ1) is 21.1. The zero-order valence-corrected chi connectivity index (χ0v) is 17.0. The number of imidazole rings is 1. The van der Waals surface area contributed by atoms with Crippen LogP contribution in [0.1, 0.15) is 30.7 Å². The lowest BCUT2D eigenvalue weighted by molar-refractivity contribution is -0.0511. The van der Waals surface area contributed by atoms with Crippen LogP contribution in [0.3, 0.4) is 0 Å². The number of rotatable bonds is 7. The zero-order chi connectivity index (χ0) is 22.0. The number of aliphatic hydroxyl groups is 3. The van der Waals surface area contributed by atoms with Crippen molar-refractivity contribution in [3.05, 3.63) is 41.7 Å². The third-order valence-corrected chi connectivity index (χ3v) is 5.11. The molecule has 11 nitrogen and oxygen atoms in total. The number of nitrogens with one attached hydrogen (secondary N) is 1. The number of hydrazone groups is 1. The van der Waals surface area contributed by atoms with Gasteiger partial charge in [0.2, 0.25) is 5.95 Å². The van der Waals surface area contributed by atoms with Crippen LogP contribution in [-0.4, -0.2) is 66.0 Å². The number of ether oxygens (including phenoxy) is 1. The number of fused-ring (bicyclic) bond motifs is 1. The molecule has 2 aromatic heterocycles. The predicted octanol–water partition coefficient (Wildman–Crippen LogP) is 0.418. The number of hydrogen-bond donors (Lipinski definition) is 5. The Morgan fingerprint density at radius 1 is 1.29 bits per heavy atom. The summed E-state index contributed by atoms with van der Waals surface area (Å²) in [6.45, 7) is 1.70. The van der Waals surface area contributed by atoms with Gasteiger partial charge in [0.1, 0.15) is 23.8 Å². The van der Waals surface area contributed by atoms with E-state index in [-0.39, 0.29) is 11.8 Å². The summed E-state index contributed by atoms with van der Waals surface area (Å²) in [5, 5.41) is 33.8. The van der Waals surface area contributed by atoms with E-state index in [1.165, 1.54) is 16.5 Å². The molecule has 1 aliphatic rings. The van der Waals surface area contributed by atoms with Crippen LogP contribution in [-0.2, 0) is 11.2 Å². The molecule has 4 rings (SSSR count). The van der Waals surface area contributed by atoms with Crippen molar-refractivity contribution in [2.75, 3.05) is 17.8 Å². The van der Waals surface area contributed by atoms with Crippen molar-refractivity contribution in [1.82, 2.24) is 19.5 Å². The summed E-state index contributed by atoms with van der Waals surface area (Å²) in [6.07, 6.45) is 0.708. The highest BCUT2D eigenvalue weighted by Gasteiger charge is 2.44. The summed E-state index contributed by atoms with van der Waals surface area (Å²) < 4.78 is 7.00. The first-order valence-electron chi connectivity index (χ1n) is 10.0. The van der Waals surface area contributed by atoms with E-state index in [0.717, 1.165) is 18.4 Å². The fraction of sp³-hybridized carbons (Fsp3) is 0.400. The number of aliphatic hydroxyl groups excluding tert-OH is 3. The fourth-order valence-corrected chi connectivity index (χ4v) is 3.57. The fourth-order valence-electron chi connectivity index (χ4n) is 3.57. The van der Waals surface area contributed by atoms with E-state index in [1.807, 2.05) is 12.1 Å². The molecule has 3 aromatic rings. The van der Waals surface area contributed by atoms with Crippen LogP contribution in [0.15, 0.2) is 35.7 Å². The van der Waals surface area contributed by atoms with Crippen LogP contribution in [0, 0.1) is 0 Å². The molecular formula is C20H25N7O4. The number of hydrogen-bond acceptors (Lipinski definition) is 10. The minimum absolute atomic E-state index is 0.123. The van der Waals surface area contributed by atoms with Crippen molar-refractivity contribution in [3.8, 4) is 0 Å². The maximum absolute atomic E-state index is 10.3. The Labute approximate surface area is 178 Å². The molecule has 1 aromatic carbocycles. The maximum Gasteiger partial charge on any atom is 0.247 e. The minimum Gasteiger partial charge on any atom is -0.394 e. The average Bonchev–Trinajstić information content (AvgIpc) is 3.30. The standard InChI is InChI=1S/C20H25N7O4/c1-2-4-11-5-3-6-12(7-11)8-23-26-20-24-17(21)14-18(25-20)27(10-22-14)19-16(30)15(29)13(9-28)31-19/h3,5-8,10,13,15-16,19,28-30H,2,4,9H2,1H3,(H3,21,24,25,26)/t13-,15-,16-,19-/m1/s1. The largest absolute Gasteiger partial charge is 0.394 e. The van der Waals surface area contributed by atoms with E-state index in [1.54, 1.807) is 6.21 Å². The smallest absolute Gasteiger partial charge is 0.247 e. The number of nitrogens with zero attached hydrogens (tertiary/aromatic N) is 5. The molecule has 11 heteroatoms. The molecule has 3 heterocycles. The maximum atomic E-state index is 10.3. The Bertz CT molecular complexity index is 1090. The lowest BCUT2D eigenvalue weighted by Crippen LogP contribution is -2.33. The van der Waals surface area contributed by atoms with Crippen molar-refractivity contribution in [3.63, 3.8) is 0 Å². The number of benzene rings is 1. The molecule has 31 heavy (non-hydrogen) atoms. The van der Waals surface area contributed by atoms with Gasteiger partial charge in [0.25, 0.3) is 0 Å². The van der Waals surface area contributed by atoms with Crippen molar-refractivity contribution < 1.29 is 20.1 Å². The second-order valence-electron chi connectivity index (χ2n) is 7.35. The summed E-state index contributed by atoms with van der Waals surface area (Å²) in [6, 6.07) is 8.06. The molecule has 0 amide bonds. The van der Waals surface area contributed by atoms with Crippen molar-refractivity contribution >= 4 is 29.1 Å². The molecule has 0 spiro atoms. The molecule has 0 radical (unpaired) electrons. The Kier molecular flexibility index (Phi) is 6.09. The molecule has 0 unspecified atom stereocenters. The zero-order valence-electron chi connectivity index (χ0n) is 17.0. The van der Waals surface area contributed by atoms with Crippen molar-refractivity contribution in [2.24, 2.45) is 5.10 Å². The van der Waals surface area contributed by atoms with E-state index in [9.17, 15) is 15.3 Å². The molecular weight excluding hydrogens is 402 g/mol. The number of nitrogens with two attached hydrogens (primary N) is 1. The van der Waals surface area contributed by atoms with E-state index in [4.69, 9.17) is 10.5 Å². The predicted molar refractivity (Wildman–Crippen MR) is 114 cm³/mol. The normalized spacial score (nSPS) is 23.7. The van der Waals surface area contributed by atoms with Crippen molar-refractivity contribution in [1.29, 1.82) is 0 Å². The van der Waals surface area contributed by atoms with Gasteiger partial charge >= 0.3 is 0 Å². The highest BCUT2D eigenvalue weighted by molar-refractivity contribution is 5.83. The number of anilines is 2. The van der Waals surface area contributed by atoms with Gasteiger partial charge in [0.05, 0.1) is 19.1 Å². The Morgan fingerprint density at radius 3 is 2.87 bits per heavy atom. The summed E-state index contributed by atoms with van der Waals surface area (Å²) in [5.41, 5.74) is 11.5. The second kappa shape index (κ2) is 8.94. The molecule has 1 fully saturated rings. The SMILES string of the molecule is CCCc1cccc(C=NNc2nc(N)c3ncn([C@@H]4O[C@H](CO)[C@@H](O)[C@H]4O)c3n2)c1. The van der Waals surface area contributed by atoms with Gasteiger partial charge in [-0.05, 0) is 17.5 Å². The van der Waals surface area contributed by atoms with E-state index < -0.39 is 31.1 Å². The molecule has 0 saturated carbocycles. The molecule has 4 atom stereocenters. The van der Waals surface area contributed by atoms with Crippen LogP contribution in [0.2, 0.25) is 0 Å². The van der Waals surface area contributed by atoms with Gasteiger partial charge < -0.3 is 25.8 Å². The summed E-state index contributed by atoms with van der Waals surface area (Å²) in [7, 11) is 0. The summed E-state index contributed by atoms with van der Waals surface area (Å²) in [4.78, 5) is 12.7. The van der Waals surface area contributed by atoms with Crippen LogP contribution < -0.4 is 11.2 Å². The quantitative estimate of drug-likeness (QED) is 0.265. The second-order valence-corrected chi connectivity index (χ2v) is 7.35. The van der Waals surface area contributed by atoms with Gasteiger partial charge in [-0.15, -0.1) is 0 Å². The Balaban J connectivity index is 1.57. The van der Waals surface area contributed by atoms with Gasteiger partial charge in [-0.1, -0.05) is 37.6 Å². The Hall–Kier alpha value is -3.12. The van der Waals surface area contributed by atoms with Crippen molar-refractivity contribution in [2.45, 2.75) is 44.3 Å². The monoisotopic (exact) mass is 427 g/mol. The Morgan fingerprint density at radius 2 is 2.13 bits per heavy atom. The molecule has 164 valence electrons. The van der Waals surface area contributed by atoms with Crippen LogP contribution in [0.4, 0.5) is 11.8 Å². The van der Waals surface area contributed by atoms with Crippen LogP contribution in [0.25, 0.3) is 11.2 Å². The van der Waals surface area contributed by atoms with Crippen LogP contribution >= 0.6 is 0 Å². The van der Waals surface area contributed by atoms with E-state index >= 15 is 0 Å². The van der Waals surface area contributed by atoms with E-state index in [0.29, 0.717) is 11.2 Å². The van der Waals surface area contributed by atoms with E-state index in [2.05, 4.69) is 44.5 Å². The van der Waals surface area contributed by atoms with Crippen LogP contribution in [0.5, 0.6) is 0 Å². The number of nitrogen functional groups attached to an aromatic ring is 1. The summed E-state index contributed by atoms with van der Waals surface area (Å²) in [5.74, 6) is 0.262. The third kappa shape index (κ3) is 4.21. The lowest BCUT2D eigenvalue weighted by atomic mass is 10.1. The minimum atomic E-state index is -1.27. The number of aromatic nitrogens is 4. The van der Waals surface area contributed by atoms with Gasteiger partial charge in [-0.3, -0.25) is 4.57 Å². The first-order chi connectivity index (χ1) is 15.0. The molecule has 0 bridgehead atoms. The van der Waals surface area contributed by atoms with Gasteiger partial charge in [0.15, 0.2) is 17.7 Å². The summed E-state index contributed by atoms with van der Waals surface area (Å²) >= 11 is 0. The molecule has 6 N–H and O–H groups in total. The highest BCUT2D eigenvalue weighted by atomic mass is 16.6. The number of aryl methyl sites for hydroxylation is 1. The average molecular weight is 427 g/mol.